The number of carbonyl (C=O) groups is 1. The van der Waals surface area contributed by atoms with Gasteiger partial charge in [0.25, 0.3) is 5.91 Å². The topological polar surface area (TPSA) is 75.9 Å². The molecule has 0 bridgehead atoms. The van der Waals surface area contributed by atoms with Crippen LogP contribution >= 0.6 is 0 Å². The van der Waals surface area contributed by atoms with Crippen molar-refractivity contribution in [2.45, 2.75) is 13.1 Å². The molecule has 0 saturated carbocycles. The van der Waals surface area contributed by atoms with Gasteiger partial charge in [-0.05, 0) is 12.1 Å². The third-order valence-electron chi connectivity index (χ3n) is 3.20. The standard InChI is InChI=1S/C12H14N6O/c1-13-9-2-3-10(14-6-9)12(19)17-4-5-18-8-15-16-11(18)7-17/h2-3,6,8,13H,4-5,7H2,1H3. The molecular weight excluding hydrogens is 244 g/mol. The number of rotatable bonds is 2. The van der Waals surface area contributed by atoms with E-state index in [4.69, 9.17) is 0 Å². The van der Waals surface area contributed by atoms with Crippen molar-refractivity contribution in [3.05, 3.63) is 36.2 Å². The molecule has 0 aromatic carbocycles. The smallest absolute Gasteiger partial charge is 0.272 e. The molecule has 0 aliphatic carbocycles. The average Bonchev–Trinajstić information content (AvgIpc) is 2.94. The maximum absolute atomic E-state index is 12.3. The van der Waals surface area contributed by atoms with Crippen molar-refractivity contribution >= 4 is 11.6 Å². The number of hydrogen-bond donors (Lipinski definition) is 1. The molecule has 0 unspecified atom stereocenters. The number of hydrogen-bond acceptors (Lipinski definition) is 5. The molecule has 1 amide bonds. The molecule has 0 saturated heterocycles. The quantitative estimate of drug-likeness (QED) is 0.842. The van der Waals surface area contributed by atoms with Gasteiger partial charge in [0.05, 0.1) is 18.4 Å². The molecule has 0 radical (unpaired) electrons. The third-order valence-corrected chi connectivity index (χ3v) is 3.20. The molecule has 0 fully saturated rings. The fourth-order valence-electron chi connectivity index (χ4n) is 2.07. The molecule has 0 spiro atoms. The first-order valence-electron chi connectivity index (χ1n) is 6.07. The van der Waals surface area contributed by atoms with Gasteiger partial charge in [0.15, 0.2) is 5.82 Å². The van der Waals surface area contributed by atoms with Crippen molar-refractivity contribution in [3.8, 4) is 0 Å². The number of nitrogens with one attached hydrogen (secondary N) is 1. The Labute approximate surface area is 110 Å². The Morgan fingerprint density at radius 1 is 1.37 bits per heavy atom. The Kier molecular flexibility index (Phi) is 2.86. The SMILES string of the molecule is CNc1ccc(C(=O)N2CCn3cnnc3C2)nc1. The van der Waals surface area contributed by atoms with Gasteiger partial charge in [-0.25, -0.2) is 4.98 Å². The minimum Gasteiger partial charge on any atom is -0.387 e. The first-order valence-corrected chi connectivity index (χ1v) is 6.07. The van der Waals surface area contributed by atoms with Crippen molar-refractivity contribution < 1.29 is 4.79 Å². The number of nitrogens with zero attached hydrogens (tertiary/aromatic N) is 5. The van der Waals surface area contributed by atoms with E-state index in [0.29, 0.717) is 18.8 Å². The predicted molar refractivity (Wildman–Crippen MR) is 68.5 cm³/mol. The highest BCUT2D eigenvalue weighted by atomic mass is 16.2. The molecule has 2 aromatic heterocycles. The van der Waals surface area contributed by atoms with Gasteiger partial charge in [-0.3, -0.25) is 4.79 Å². The van der Waals surface area contributed by atoms with E-state index < -0.39 is 0 Å². The third kappa shape index (κ3) is 2.14. The van der Waals surface area contributed by atoms with Gasteiger partial charge in [0.1, 0.15) is 12.0 Å². The summed E-state index contributed by atoms with van der Waals surface area (Å²) in [6.07, 6.45) is 3.34. The summed E-state index contributed by atoms with van der Waals surface area (Å²) >= 11 is 0. The molecule has 1 aliphatic rings. The minimum absolute atomic E-state index is 0.0723. The Bertz CT molecular complexity index is 591. The van der Waals surface area contributed by atoms with E-state index in [9.17, 15) is 4.79 Å². The Balaban J connectivity index is 1.77. The lowest BCUT2D eigenvalue weighted by molar-refractivity contribution is 0.0701. The second kappa shape index (κ2) is 4.68. The zero-order valence-electron chi connectivity index (χ0n) is 10.6. The molecule has 3 rings (SSSR count). The normalized spacial score (nSPS) is 14.1. The summed E-state index contributed by atoms with van der Waals surface area (Å²) in [6, 6.07) is 3.57. The lowest BCUT2D eigenvalue weighted by atomic mass is 10.2. The highest BCUT2D eigenvalue weighted by Crippen LogP contribution is 2.13. The van der Waals surface area contributed by atoms with E-state index in [0.717, 1.165) is 18.1 Å². The molecule has 7 nitrogen and oxygen atoms in total. The van der Waals surface area contributed by atoms with Gasteiger partial charge in [-0.1, -0.05) is 0 Å². The molecule has 0 atom stereocenters. The van der Waals surface area contributed by atoms with Crippen molar-refractivity contribution in [1.82, 2.24) is 24.6 Å². The predicted octanol–water partition coefficient (Wildman–Crippen LogP) is 0.371. The summed E-state index contributed by atoms with van der Waals surface area (Å²) in [4.78, 5) is 18.2. The van der Waals surface area contributed by atoms with E-state index in [-0.39, 0.29) is 5.91 Å². The number of fused-ring (bicyclic) bond motifs is 1. The van der Waals surface area contributed by atoms with E-state index in [2.05, 4.69) is 20.5 Å². The molecule has 1 aliphatic heterocycles. The van der Waals surface area contributed by atoms with Crippen LogP contribution in [0, 0.1) is 0 Å². The highest BCUT2D eigenvalue weighted by Gasteiger charge is 2.23. The largest absolute Gasteiger partial charge is 0.387 e. The van der Waals surface area contributed by atoms with E-state index >= 15 is 0 Å². The second-order valence-electron chi connectivity index (χ2n) is 4.35. The number of anilines is 1. The summed E-state index contributed by atoms with van der Waals surface area (Å²) in [5, 5.41) is 10.8. The fourth-order valence-corrected chi connectivity index (χ4v) is 2.07. The summed E-state index contributed by atoms with van der Waals surface area (Å²) < 4.78 is 1.96. The van der Waals surface area contributed by atoms with Crippen LogP contribution in [-0.2, 0) is 13.1 Å². The van der Waals surface area contributed by atoms with Gasteiger partial charge in [0.2, 0.25) is 0 Å². The van der Waals surface area contributed by atoms with Crippen molar-refractivity contribution in [2.24, 2.45) is 0 Å². The lowest BCUT2D eigenvalue weighted by Gasteiger charge is -2.26. The molecule has 1 N–H and O–H groups in total. The van der Waals surface area contributed by atoms with Gasteiger partial charge < -0.3 is 14.8 Å². The average molecular weight is 258 g/mol. The maximum atomic E-state index is 12.3. The second-order valence-corrected chi connectivity index (χ2v) is 4.35. The molecule has 2 aromatic rings. The Morgan fingerprint density at radius 3 is 3.00 bits per heavy atom. The number of pyridine rings is 1. The van der Waals surface area contributed by atoms with Crippen molar-refractivity contribution in [2.75, 3.05) is 18.9 Å². The Hall–Kier alpha value is -2.44. The van der Waals surface area contributed by atoms with Gasteiger partial charge in [0, 0.05) is 20.1 Å². The number of carbonyl (C=O) groups excluding carboxylic acids is 1. The molecule has 3 heterocycles. The molecule has 7 heteroatoms. The molecule has 19 heavy (non-hydrogen) atoms. The van der Waals surface area contributed by atoms with Crippen LogP contribution in [-0.4, -0.2) is 44.1 Å². The zero-order chi connectivity index (χ0) is 13.2. The highest BCUT2D eigenvalue weighted by molar-refractivity contribution is 5.92. The van der Waals surface area contributed by atoms with Crippen LogP contribution in [0.15, 0.2) is 24.7 Å². The van der Waals surface area contributed by atoms with Crippen molar-refractivity contribution in [3.63, 3.8) is 0 Å². The summed E-state index contributed by atoms with van der Waals surface area (Å²) in [6.45, 7) is 1.86. The molecule has 98 valence electrons. The van der Waals surface area contributed by atoms with Crippen LogP contribution in [0.5, 0.6) is 0 Å². The maximum Gasteiger partial charge on any atom is 0.272 e. The zero-order valence-corrected chi connectivity index (χ0v) is 10.6. The Morgan fingerprint density at radius 2 is 2.26 bits per heavy atom. The van der Waals surface area contributed by atoms with Crippen LogP contribution < -0.4 is 5.32 Å². The number of amides is 1. The lowest BCUT2D eigenvalue weighted by Crippen LogP contribution is -2.38. The van der Waals surface area contributed by atoms with Crippen molar-refractivity contribution in [1.29, 1.82) is 0 Å². The molecular formula is C12H14N6O. The number of aromatic nitrogens is 4. The van der Waals surface area contributed by atoms with E-state index in [1.807, 2.05) is 17.7 Å². The first-order chi connectivity index (χ1) is 9.28. The van der Waals surface area contributed by atoms with E-state index in [1.165, 1.54) is 0 Å². The fraction of sp³-hybridized carbons (Fsp3) is 0.333. The van der Waals surface area contributed by atoms with Crippen LogP contribution in [0.25, 0.3) is 0 Å². The summed E-state index contributed by atoms with van der Waals surface area (Å²) in [7, 11) is 1.82. The van der Waals surface area contributed by atoms with Crippen LogP contribution in [0.3, 0.4) is 0 Å². The van der Waals surface area contributed by atoms with Crippen LogP contribution in [0.4, 0.5) is 5.69 Å². The van der Waals surface area contributed by atoms with Gasteiger partial charge in [-0.15, -0.1) is 10.2 Å². The summed E-state index contributed by atoms with van der Waals surface area (Å²) in [5.74, 6) is 0.739. The van der Waals surface area contributed by atoms with Gasteiger partial charge >= 0.3 is 0 Å². The summed E-state index contributed by atoms with van der Waals surface area (Å²) in [5.41, 5.74) is 1.34. The van der Waals surface area contributed by atoms with Gasteiger partial charge in [-0.2, -0.15) is 0 Å². The monoisotopic (exact) mass is 258 g/mol. The van der Waals surface area contributed by atoms with Crippen LogP contribution in [0.1, 0.15) is 16.3 Å². The van der Waals surface area contributed by atoms with E-state index in [1.54, 1.807) is 23.5 Å². The first kappa shape index (κ1) is 11.6. The minimum atomic E-state index is -0.0723. The van der Waals surface area contributed by atoms with Crippen LogP contribution in [0.2, 0.25) is 0 Å².